The van der Waals surface area contributed by atoms with Gasteiger partial charge in [-0.25, -0.2) is 9.18 Å². The summed E-state index contributed by atoms with van der Waals surface area (Å²) >= 11 is 0. The molecule has 1 saturated carbocycles. The molecular formula is C17H18FNO4. The lowest BCUT2D eigenvalue weighted by atomic mass is 9.81. The Labute approximate surface area is 132 Å². The zero-order chi connectivity index (χ0) is 16.6. The number of carboxylic acids is 1. The second-order valence-electron chi connectivity index (χ2n) is 6.10. The average molecular weight is 319 g/mol. The molecule has 2 N–H and O–H groups in total. The predicted octanol–water partition coefficient (Wildman–Crippen LogP) is 3.40. The summed E-state index contributed by atoms with van der Waals surface area (Å²) in [5.74, 6) is -1.96. The minimum Gasteiger partial charge on any atom is -0.480 e. The van der Waals surface area contributed by atoms with Crippen molar-refractivity contribution in [2.75, 3.05) is 0 Å². The molecule has 0 radical (unpaired) electrons. The van der Waals surface area contributed by atoms with Crippen molar-refractivity contribution in [1.29, 1.82) is 0 Å². The van der Waals surface area contributed by atoms with Gasteiger partial charge in [0.05, 0.1) is 0 Å². The summed E-state index contributed by atoms with van der Waals surface area (Å²) in [6, 6.07) is 4.02. The number of aryl methyl sites for hydroxylation is 1. The molecule has 1 aliphatic rings. The second kappa shape index (κ2) is 5.68. The van der Waals surface area contributed by atoms with Gasteiger partial charge in [0.2, 0.25) is 0 Å². The smallest absolute Gasteiger partial charge is 0.329 e. The maximum atomic E-state index is 13.3. The van der Waals surface area contributed by atoms with Gasteiger partial charge in [0.1, 0.15) is 16.9 Å². The number of hydrogen-bond acceptors (Lipinski definition) is 3. The number of amides is 1. The Bertz CT molecular complexity index is 774. The van der Waals surface area contributed by atoms with Crippen LogP contribution in [0.5, 0.6) is 0 Å². The molecule has 0 saturated heterocycles. The third-order valence-corrected chi connectivity index (χ3v) is 4.57. The molecule has 0 atom stereocenters. The number of aliphatic carboxylic acids is 1. The fourth-order valence-corrected chi connectivity index (χ4v) is 3.23. The standard InChI is InChI=1S/C17H18FNO4/c1-10-12-9-11(18)5-6-13(12)23-14(10)15(20)19-17(16(21)22)7-3-2-4-8-17/h5-6,9H,2-4,7-8H2,1H3,(H,19,20)(H,21,22). The highest BCUT2D eigenvalue weighted by molar-refractivity contribution is 6.01. The number of nitrogens with one attached hydrogen (secondary N) is 1. The molecule has 2 aromatic rings. The molecule has 1 fully saturated rings. The Morgan fingerprint density at radius 1 is 1.26 bits per heavy atom. The van der Waals surface area contributed by atoms with Crippen LogP contribution >= 0.6 is 0 Å². The number of halogens is 1. The molecule has 23 heavy (non-hydrogen) atoms. The molecule has 1 aliphatic carbocycles. The highest BCUT2D eigenvalue weighted by Crippen LogP contribution is 2.31. The molecule has 0 bridgehead atoms. The molecule has 6 heteroatoms. The molecule has 0 unspecified atom stereocenters. The van der Waals surface area contributed by atoms with Crippen LogP contribution in [0.4, 0.5) is 4.39 Å². The van der Waals surface area contributed by atoms with Crippen LogP contribution in [-0.4, -0.2) is 22.5 Å². The van der Waals surface area contributed by atoms with Gasteiger partial charge in [0.15, 0.2) is 5.76 Å². The summed E-state index contributed by atoms with van der Waals surface area (Å²) in [7, 11) is 0. The molecule has 0 aliphatic heterocycles. The van der Waals surface area contributed by atoms with E-state index in [1.807, 2.05) is 0 Å². The van der Waals surface area contributed by atoms with E-state index in [-0.39, 0.29) is 5.76 Å². The van der Waals surface area contributed by atoms with Crippen LogP contribution in [0.2, 0.25) is 0 Å². The third kappa shape index (κ3) is 2.69. The van der Waals surface area contributed by atoms with E-state index < -0.39 is 23.2 Å². The minimum absolute atomic E-state index is 0.0387. The number of carbonyl (C=O) groups excluding carboxylic acids is 1. The first-order chi connectivity index (χ1) is 10.9. The topological polar surface area (TPSA) is 79.5 Å². The number of rotatable bonds is 3. The lowest BCUT2D eigenvalue weighted by Gasteiger charge is -2.33. The summed E-state index contributed by atoms with van der Waals surface area (Å²) in [4.78, 5) is 24.2. The summed E-state index contributed by atoms with van der Waals surface area (Å²) < 4.78 is 18.9. The van der Waals surface area contributed by atoms with E-state index >= 15 is 0 Å². The Hall–Kier alpha value is -2.37. The molecule has 1 aromatic carbocycles. The Morgan fingerprint density at radius 2 is 1.96 bits per heavy atom. The van der Waals surface area contributed by atoms with E-state index in [4.69, 9.17) is 4.42 Å². The van der Waals surface area contributed by atoms with Gasteiger partial charge >= 0.3 is 5.97 Å². The lowest BCUT2D eigenvalue weighted by molar-refractivity contribution is -0.145. The first-order valence-electron chi connectivity index (χ1n) is 7.67. The number of hydrogen-bond donors (Lipinski definition) is 2. The van der Waals surface area contributed by atoms with Gasteiger partial charge in [-0.15, -0.1) is 0 Å². The van der Waals surface area contributed by atoms with E-state index in [0.29, 0.717) is 29.4 Å². The molecule has 5 nitrogen and oxygen atoms in total. The number of carboxylic acid groups (broad SMARTS) is 1. The van der Waals surface area contributed by atoms with Gasteiger partial charge in [-0.1, -0.05) is 19.3 Å². The van der Waals surface area contributed by atoms with Gasteiger partial charge in [0, 0.05) is 10.9 Å². The zero-order valence-electron chi connectivity index (χ0n) is 12.8. The molecular weight excluding hydrogens is 301 g/mol. The summed E-state index contributed by atoms with van der Waals surface area (Å²) in [5, 5.41) is 12.7. The fraction of sp³-hybridized carbons (Fsp3) is 0.412. The quantitative estimate of drug-likeness (QED) is 0.908. The maximum absolute atomic E-state index is 13.3. The Kier molecular flexibility index (Phi) is 3.83. The average Bonchev–Trinajstić information content (AvgIpc) is 2.85. The normalized spacial score (nSPS) is 17.1. The lowest BCUT2D eigenvalue weighted by Crippen LogP contribution is -2.55. The summed E-state index contributed by atoms with van der Waals surface area (Å²) in [6.07, 6.45) is 3.30. The highest BCUT2D eigenvalue weighted by Gasteiger charge is 2.41. The Morgan fingerprint density at radius 3 is 2.61 bits per heavy atom. The molecule has 3 rings (SSSR count). The van der Waals surface area contributed by atoms with Crippen LogP contribution in [0.1, 0.15) is 48.2 Å². The van der Waals surface area contributed by atoms with Crippen LogP contribution in [0.25, 0.3) is 11.0 Å². The van der Waals surface area contributed by atoms with Gasteiger partial charge in [0.25, 0.3) is 5.91 Å². The molecule has 0 spiro atoms. The minimum atomic E-state index is -1.24. The summed E-state index contributed by atoms with van der Waals surface area (Å²) in [5.41, 5.74) is -0.332. The molecule has 1 aromatic heterocycles. The van der Waals surface area contributed by atoms with Crippen LogP contribution < -0.4 is 5.32 Å². The number of benzene rings is 1. The predicted molar refractivity (Wildman–Crippen MR) is 81.8 cm³/mol. The number of furan rings is 1. The molecule has 1 amide bonds. The van der Waals surface area contributed by atoms with E-state index in [9.17, 15) is 19.1 Å². The second-order valence-corrected chi connectivity index (χ2v) is 6.10. The van der Waals surface area contributed by atoms with E-state index in [1.54, 1.807) is 6.92 Å². The van der Waals surface area contributed by atoms with Crippen molar-refractivity contribution >= 4 is 22.8 Å². The van der Waals surface area contributed by atoms with Crippen molar-refractivity contribution in [3.8, 4) is 0 Å². The first-order valence-corrected chi connectivity index (χ1v) is 7.67. The van der Waals surface area contributed by atoms with Crippen LogP contribution in [0, 0.1) is 12.7 Å². The zero-order valence-corrected chi connectivity index (χ0v) is 12.8. The van der Waals surface area contributed by atoms with Crippen molar-refractivity contribution in [2.45, 2.75) is 44.6 Å². The SMILES string of the molecule is Cc1c(C(=O)NC2(C(=O)O)CCCCC2)oc2ccc(F)cc12. The van der Waals surface area contributed by atoms with Crippen molar-refractivity contribution in [1.82, 2.24) is 5.32 Å². The molecule has 122 valence electrons. The first kappa shape index (κ1) is 15.5. The van der Waals surface area contributed by atoms with E-state index in [0.717, 1.165) is 19.3 Å². The van der Waals surface area contributed by atoms with Gasteiger partial charge in [-0.05, 0) is 38.0 Å². The van der Waals surface area contributed by atoms with Crippen molar-refractivity contribution in [2.24, 2.45) is 0 Å². The van der Waals surface area contributed by atoms with E-state index in [1.165, 1.54) is 18.2 Å². The summed E-state index contributed by atoms with van der Waals surface area (Å²) in [6.45, 7) is 1.66. The number of fused-ring (bicyclic) bond motifs is 1. The van der Waals surface area contributed by atoms with Crippen molar-refractivity contribution in [3.05, 3.63) is 35.3 Å². The largest absolute Gasteiger partial charge is 0.480 e. The van der Waals surface area contributed by atoms with Gasteiger partial charge in [-0.2, -0.15) is 0 Å². The van der Waals surface area contributed by atoms with Crippen molar-refractivity contribution in [3.63, 3.8) is 0 Å². The van der Waals surface area contributed by atoms with Gasteiger partial charge < -0.3 is 14.8 Å². The monoisotopic (exact) mass is 319 g/mol. The Balaban J connectivity index is 1.94. The fourth-order valence-electron chi connectivity index (χ4n) is 3.23. The van der Waals surface area contributed by atoms with Crippen molar-refractivity contribution < 1.29 is 23.5 Å². The van der Waals surface area contributed by atoms with E-state index in [2.05, 4.69) is 5.32 Å². The maximum Gasteiger partial charge on any atom is 0.329 e. The number of carbonyl (C=O) groups is 2. The molecule has 1 heterocycles. The van der Waals surface area contributed by atoms with Crippen LogP contribution in [-0.2, 0) is 4.79 Å². The van der Waals surface area contributed by atoms with Gasteiger partial charge in [-0.3, -0.25) is 4.79 Å². The van der Waals surface area contributed by atoms with Crippen LogP contribution in [0.3, 0.4) is 0 Å². The highest BCUT2D eigenvalue weighted by atomic mass is 19.1. The third-order valence-electron chi connectivity index (χ3n) is 4.57. The van der Waals surface area contributed by atoms with Crippen LogP contribution in [0.15, 0.2) is 22.6 Å².